The van der Waals surface area contributed by atoms with Crippen LogP contribution in [0.15, 0.2) is 12.1 Å². The van der Waals surface area contributed by atoms with Gasteiger partial charge in [-0.05, 0) is 56.6 Å². The molecule has 1 unspecified atom stereocenters. The summed E-state index contributed by atoms with van der Waals surface area (Å²) >= 11 is 0. The molecule has 1 saturated heterocycles. The molecule has 2 aliphatic rings. The van der Waals surface area contributed by atoms with E-state index in [-0.39, 0.29) is 0 Å². The number of piperidine rings is 1. The summed E-state index contributed by atoms with van der Waals surface area (Å²) in [5.74, 6) is 3.02. The van der Waals surface area contributed by atoms with Gasteiger partial charge in [-0.25, -0.2) is 0 Å². The summed E-state index contributed by atoms with van der Waals surface area (Å²) in [6.45, 7) is 5.49. The van der Waals surface area contributed by atoms with Crippen LogP contribution in [0.25, 0.3) is 0 Å². The second kappa shape index (κ2) is 7.20. The van der Waals surface area contributed by atoms with Gasteiger partial charge < -0.3 is 24.4 Å². The Bertz CT molecular complexity index is 490. The van der Waals surface area contributed by atoms with Crippen molar-refractivity contribution in [2.75, 3.05) is 47.0 Å². The zero-order valence-electron chi connectivity index (χ0n) is 13.6. The zero-order chi connectivity index (χ0) is 15.4. The zero-order valence-corrected chi connectivity index (χ0v) is 13.6. The van der Waals surface area contributed by atoms with E-state index in [1.165, 1.54) is 31.5 Å². The van der Waals surface area contributed by atoms with E-state index in [1.54, 1.807) is 7.11 Å². The SMILES string of the molecule is COc1cc(CNCC2CCCN(C)C2)cc2c1OCCO2. The van der Waals surface area contributed by atoms with Crippen molar-refractivity contribution < 1.29 is 14.2 Å². The molecule has 0 aromatic heterocycles. The normalized spacial score (nSPS) is 21.6. The summed E-state index contributed by atoms with van der Waals surface area (Å²) in [6, 6.07) is 4.09. The first kappa shape index (κ1) is 15.4. The molecule has 0 radical (unpaired) electrons. The van der Waals surface area contributed by atoms with Crippen LogP contribution in [0.2, 0.25) is 0 Å². The number of hydrogen-bond acceptors (Lipinski definition) is 5. The Hall–Kier alpha value is -1.46. The average molecular weight is 306 g/mol. The van der Waals surface area contributed by atoms with Gasteiger partial charge in [-0.2, -0.15) is 0 Å². The van der Waals surface area contributed by atoms with Crippen molar-refractivity contribution in [2.45, 2.75) is 19.4 Å². The molecule has 3 rings (SSSR count). The quantitative estimate of drug-likeness (QED) is 0.900. The lowest BCUT2D eigenvalue weighted by atomic mass is 9.98. The monoisotopic (exact) mass is 306 g/mol. The van der Waals surface area contributed by atoms with Crippen LogP contribution in [0.3, 0.4) is 0 Å². The number of benzene rings is 1. The molecule has 1 N–H and O–H groups in total. The van der Waals surface area contributed by atoms with Crippen LogP contribution in [0.1, 0.15) is 18.4 Å². The number of likely N-dealkylation sites (tertiary alicyclic amines) is 1. The number of methoxy groups -OCH3 is 1. The highest BCUT2D eigenvalue weighted by Crippen LogP contribution is 2.40. The lowest BCUT2D eigenvalue weighted by Crippen LogP contribution is -2.37. The van der Waals surface area contributed by atoms with Gasteiger partial charge in [-0.3, -0.25) is 0 Å². The summed E-state index contributed by atoms with van der Waals surface area (Å²) < 4.78 is 16.7. The summed E-state index contributed by atoms with van der Waals surface area (Å²) in [5, 5.41) is 3.57. The molecule has 0 aliphatic carbocycles. The van der Waals surface area contributed by atoms with Gasteiger partial charge in [-0.1, -0.05) is 0 Å². The predicted molar refractivity (Wildman–Crippen MR) is 85.9 cm³/mol. The molecule has 5 heteroatoms. The van der Waals surface area contributed by atoms with Crippen LogP contribution in [0.5, 0.6) is 17.2 Å². The minimum atomic E-state index is 0.580. The van der Waals surface area contributed by atoms with Gasteiger partial charge >= 0.3 is 0 Å². The van der Waals surface area contributed by atoms with E-state index >= 15 is 0 Å². The second-order valence-electron chi connectivity index (χ2n) is 6.22. The molecule has 0 bridgehead atoms. The van der Waals surface area contributed by atoms with Gasteiger partial charge in [0.1, 0.15) is 13.2 Å². The van der Waals surface area contributed by atoms with E-state index < -0.39 is 0 Å². The molecule has 2 heterocycles. The number of ether oxygens (including phenoxy) is 3. The topological polar surface area (TPSA) is 43.0 Å². The van der Waals surface area contributed by atoms with E-state index in [0.29, 0.717) is 13.2 Å². The molecule has 0 saturated carbocycles. The molecule has 1 atom stereocenters. The summed E-state index contributed by atoms with van der Waals surface area (Å²) in [5.41, 5.74) is 1.17. The maximum atomic E-state index is 5.68. The molecular formula is C17H26N2O3. The van der Waals surface area contributed by atoms with Gasteiger partial charge in [0.15, 0.2) is 11.5 Å². The Balaban J connectivity index is 1.58. The Labute approximate surface area is 132 Å². The smallest absolute Gasteiger partial charge is 0.203 e. The number of nitrogens with zero attached hydrogens (tertiary/aromatic N) is 1. The summed E-state index contributed by atoms with van der Waals surface area (Å²) in [7, 11) is 3.88. The van der Waals surface area contributed by atoms with Crippen LogP contribution in [0.4, 0.5) is 0 Å². The van der Waals surface area contributed by atoms with Crippen molar-refractivity contribution in [3.05, 3.63) is 17.7 Å². The number of hydrogen-bond donors (Lipinski definition) is 1. The van der Waals surface area contributed by atoms with Gasteiger partial charge in [0.25, 0.3) is 0 Å². The molecule has 0 spiro atoms. The number of rotatable bonds is 5. The Kier molecular flexibility index (Phi) is 5.05. The fraction of sp³-hybridized carbons (Fsp3) is 0.647. The third kappa shape index (κ3) is 3.65. The van der Waals surface area contributed by atoms with Crippen LogP contribution < -0.4 is 19.5 Å². The van der Waals surface area contributed by atoms with Gasteiger partial charge in [0, 0.05) is 13.1 Å². The van der Waals surface area contributed by atoms with Crippen LogP contribution in [-0.2, 0) is 6.54 Å². The first-order valence-electron chi connectivity index (χ1n) is 8.12. The number of fused-ring (bicyclic) bond motifs is 1. The molecule has 22 heavy (non-hydrogen) atoms. The van der Waals surface area contributed by atoms with E-state index in [1.807, 2.05) is 6.07 Å². The third-order valence-corrected chi connectivity index (χ3v) is 4.37. The lowest BCUT2D eigenvalue weighted by Gasteiger charge is -2.29. The Morgan fingerprint density at radius 2 is 2.18 bits per heavy atom. The summed E-state index contributed by atoms with van der Waals surface area (Å²) in [6.07, 6.45) is 2.63. The minimum Gasteiger partial charge on any atom is -0.493 e. The molecule has 1 fully saturated rings. The first-order chi connectivity index (χ1) is 10.8. The van der Waals surface area contributed by atoms with Crippen LogP contribution in [0, 0.1) is 5.92 Å². The van der Waals surface area contributed by atoms with Crippen molar-refractivity contribution in [3.63, 3.8) is 0 Å². The average Bonchev–Trinajstić information content (AvgIpc) is 2.54. The van der Waals surface area contributed by atoms with Crippen molar-refractivity contribution in [2.24, 2.45) is 5.92 Å². The maximum absolute atomic E-state index is 5.68. The van der Waals surface area contributed by atoms with E-state index in [4.69, 9.17) is 14.2 Å². The number of nitrogens with one attached hydrogen (secondary N) is 1. The second-order valence-corrected chi connectivity index (χ2v) is 6.22. The molecule has 122 valence electrons. The van der Waals surface area contributed by atoms with Gasteiger partial charge in [0.2, 0.25) is 5.75 Å². The standard InChI is InChI=1S/C17H26N2O3/c1-19-5-3-4-13(12-19)10-18-11-14-8-15(20-2)17-16(9-14)21-6-7-22-17/h8-9,13,18H,3-7,10-12H2,1-2H3. The highest BCUT2D eigenvalue weighted by Gasteiger charge is 2.19. The first-order valence-corrected chi connectivity index (χ1v) is 8.12. The van der Waals surface area contributed by atoms with Crippen molar-refractivity contribution >= 4 is 0 Å². The molecular weight excluding hydrogens is 280 g/mol. The Morgan fingerprint density at radius 1 is 1.32 bits per heavy atom. The van der Waals surface area contributed by atoms with Gasteiger partial charge in [-0.15, -0.1) is 0 Å². The maximum Gasteiger partial charge on any atom is 0.203 e. The van der Waals surface area contributed by atoms with Gasteiger partial charge in [0.05, 0.1) is 7.11 Å². The summed E-state index contributed by atoms with van der Waals surface area (Å²) in [4.78, 5) is 2.42. The van der Waals surface area contributed by atoms with E-state index in [9.17, 15) is 0 Å². The fourth-order valence-electron chi connectivity index (χ4n) is 3.29. The fourth-order valence-corrected chi connectivity index (χ4v) is 3.29. The third-order valence-electron chi connectivity index (χ3n) is 4.37. The van der Waals surface area contributed by atoms with Crippen molar-refractivity contribution in [3.8, 4) is 17.2 Å². The Morgan fingerprint density at radius 3 is 3.00 bits per heavy atom. The minimum absolute atomic E-state index is 0.580. The van der Waals surface area contributed by atoms with E-state index in [0.717, 1.165) is 36.3 Å². The van der Waals surface area contributed by atoms with Crippen LogP contribution >= 0.6 is 0 Å². The molecule has 1 aromatic rings. The molecule has 1 aromatic carbocycles. The highest BCUT2D eigenvalue weighted by molar-refractivity contribution is 5.54. The van der Waals surface area contributed by atoms with Crippen LogP contribution in [-0.4, -0.2) is 51.9 Å². The highest BCUT2D eigenvalue weighted by atomic mass is 16.6. The largest absolute Gasteiger partial charge is 0.493 e. The predicted octanol–water partition coefficient (Wildman–Crippen LogP) is 1.90. The lowest BCUT2D eigenvalue weighted by molar-refractivity contribution is 0.165. The molecule has 2 aliphatic heterocycles. The van der Waals surface area contributed by atoms with Crippen molar-refractivity contribution in [1.82, 2.24) is 10.2 Å². The molecule has 5 nitrogen and oxygen atoms in total. The van der Waals surface area contributed by atoms with E-state index in [2.05, 4.69) is 23.3 Å². The van der Waals surface area contributed by atoms with Crippen molar-refractivity contribution in [1.29, 1.82) is 0 Å². The molecule has 0 amide bonds.